The summed E-state index contributed by atoms with van der Waals surface area (Å²) in [6.45, 7) is 7.54. The van der Waals surface area contributed by atoms with Gasteiger partial charge in [-0.3, -0.25) is 0 Å². The molecule has 0 aromatic heterocycles. The van der Waals surface area contributed by atoms with Crippen LogP contribution in [0.25, 0.3) is 0 Å². The molecule has 2 nitrogen and oxygen atoms in total. The normalized spacial score (nSPS) is 25.4. The molecule has 2 rings (SSSR count). The zero-order valence-corrected chi connectivity index (χ0v) is 11.0. The molecule has 1 aromatic carbocycles. The van der Waals surface area contributed by atoms with Crippen molar-refractivity contribution >= 4 is 0 Å². The summed E-state index contributed by atoms with van der Waals surface area (Å²) in [6.07, 6.45) is 1.89. The highest BCUT2D eigenvalue weighted by Gasteiger charge is 2.27. The van der Waals surface area contributed by atoms with Gasteiger partial charge < -0.3 is 10.4 Å². The summed E-state index contributed by atoms with van der Waals surface area (Å²) in [5.41, 5.74) is 4.06. The molecule has 1 aliphatic carbocycles. The fourth-order valence-corrected chi connectivity index (χ4v) is 2.55. The van der Waals surface area contributed by atoms with E-state index in [0.29, 0.717) is 12.0 Å². The Hall–Kier alpha value is -0.860. The van der Waals surface area contributed by atoms with Crippen LogP contribution in [0.4, 0.5) is 0 Å². The maximum absolute atomic E-state index is 9.25. The van der Waals surface area contributed by atoms with E-state index in [2.05, 4.69) is 44.3 Å². The predicted octanol–water partition coefficient (Wildman–Crippen LogP) is 2.72. The molecule has 0 heterocycles. The van der Waals surface area contributed by atoms with E-state index in [1.807, 2.05) is 0 Å². The van der Waals surface area contributed by atoms with Crippen LogP contribution in [0.2, 0.25) is 0 Å². The number of aryl methyl sites for hydroxylation is 2. The topological polar surface area (TPSA) is 32.3 Å². The Morgan fingerprint density at radius 1 is 1.35 bits per heavy atom. The van der Waals surface area contributed by atoms with E-state index in [0.717, 1.165) is 19.4 Å². The average molecular weight is 233 g/mol. The lowest BCUT2D eigenvalue weighted by Gasteiger charge is -2.32. The summed E-state index contributed by atoms with van der Waals surface area (Å²) in [5.74, 6) is 0.664. The summed E-state index contributed by atoms with van der Waals surface area (Å²) >= 11 is 0. The molecule has 0 radical (unpaired) electrons. The summed E-state index contributed by atoms with van der Waals surface area (Å²) < 4.78 is 0. The molecule has 17 heavy (non-hydrogen) atoms. The van der Waals surface area contributed by atoms with Gasteiger partial charge in [-0.05, 0) is 57.2 Å². The van der Waals surface area contributed by atoms with Crippen molar-refractivity contribution in [1.29, 1.82) is 0 Å². The molecule has 1 aromatic rings. The highest BCUT2D eigenvalue weighted by molar-refractivity contribution is 5.32. The van der Waals surface area contributed by atoms with Crippen LogP contribution in [0.1, 0.15) is 42.5 Å². The molecule has 1 aliphatic rings. The smallest absolute Gasteiger partial charge is 0.0546 e. The number of aliphatic hydroxyl groups excluding tert-OH is 1. The van der Waals surface area contributed by atoms with Crippen LogP contribution in [0.15, 0.2) is 18.2 Å². The van der Waals surface area contributed by atoms with Crippen LogP contribution >= 0.6 is 0 Å². The molecule has 2 N–H and O–H groups in total. The van der Waals surface area contributed by atoms with E-state index < -0.39 is 0 Å². The second-order valence-corrected chi connectivity index (χ2v) is 5.48. The van der Waals surface area contributed by atoms with Gasteiger partial charge >= 0.3 is 0 Å². The van der Waals surface area contributed by atoms with Crippen LogP contribution in [-0.4, -0.2) is 17.8 Å². The zero-order chi connectivity index (χ0) is 12.4. The number of hydrogen-bond donors (Lipinski definition) is 2. The molecule has 1 fully saturated rings. The van der Waals surface area contributed by atoms with E-state index in [1.165, 1.54) is 16.7 Å². The van der Waals surface area contributed by atoms with Crippen molar-refractivity contribution in [2.75, 3.05) is 6.54 Å². The zero-order valence-electron chi connectivity index (χ0n) is 11.0. The van der Waals surface area contributed by atoms with Crippen LogP contribution in [0, 0.1) is 19.8 Å². The van der Waals surface area contributed by atoms with Gasteiger partial charge in [0.2, 0.25) is 0 Å². The second-order valence-electron chi connectivity index (χ2n) is 5.48. The number of benzene rings is 1. The third kappa shape index (κ3) is 3.08. The van der Waals surface area contributed by atoms with Crippen LogP contribution in [0.3, 0.4) is 0 Å². The Bertz CT molecular complexity index is 383. The molecule has 0 spiro atoms. The fraction of sp³-hybridized carbons (Fsp3) is 0.600. The van der Waals surface area contributed by atoms with Gasteiger partial charge in [-0.2, -0.15) is 0 Å². The maximum Gasteiger partial charge on any atom is 0.0546 e. The molecule has 2 heteroatoms. The molecular weight excluding hydrogens is 210 g/mol. The van der Waals surface area contributed by atoms with Gasteiger partial charge in [0.1, 0.15) is 0 Å². The van der Waals surface area contributed by atoms with Crippen molar-refractivity contribution in [1.82, 2.24) is 5.32 Å². The molecule has 0 saturated heterocycles. The van der Waals surface area contributed by atoms with Crippen LogP contribution in [0.5, 0.6) is 0 Å². The standard InChI is InChI=1S/C15H23NO/c1-10-4-5-11(2)15(6-10)12(3)16-9-13-7-14(17)8-13/h4-6,12-14,16-17H,7-9H2,1-3H3. The minimum atomic E-state index is -0.0437. The molecule has 0 bridgehead atoms. The molecular formula is C15H23NO. The van der Waals surface area contributed by atoms with Gasteiger partial charge in [0.15, 0.2) is 0 Å². The van der Waals surface area contributed by atoms with Gasteiger partial charge in [-0.15, -0.1) is 0 Å². The highest BCUT2D eigenvalue weighted by Crippen LogP contribution is 2.27. The van der Waals surface area contributed by atoms with E-state index in [-0.39, 0.29) is 6.10 Å². The van der Waals surface area contributed by atoms with Crippen molar-refractivity contribution in [2.45, 2.75) is 45.8 Å². The van der Waals surface area contributed by atoms with E-state index in [4.69, 9.17) is 0 Å². The number of rotatable bonds is 4. The summed E-state index contributed by atoms with van der Waals surface area (Å²) in [4.78, 5) is 0. The minimum Gasteiger partial charge on any atom is -0.393 e. The van der Waals surface area contributed by atoms with E-state index >= 15 is 0 Å². The largest absolute Gasteiger partial charge is 0.393 e. The molecule has 1 atom stereocenters. The minimum absolute atomic E-state index is 0.0437. The lowest BCUT2D eigenvalue weighted by Crippen LogP contribution is -2.37. The Labute approximate surface area is 104 Å². The highest BCUT2D eigenvalue weighted by atomic mass is 16.3. The number of nitrogens with one attached hydrogen (secondary N) is 1. The second kappa shape index (κ2) is 5.19. The fourth-order valence-electron chi connectivity index (χ4n) is 2.55. The van der Waals surface area contributed by atoms with E-state index in [1.54, 1.807) is 0 Å². The van der Waals surface area contributed by atoms with Crippen molar-refractivity contribution in [3.05, 3.63) is 34.9 Å². The SMILES string of the molecule is Cc1ccc(C)c(C(C)NCC2CC(O)C2)c1. The van der Waals surface area contributed by atoms with Gasteiger partial charge in [-0.25, -0.2) is 0 Å². The first-order valence-corrected chi connectivity index (χ1v) is 6.55. The molecule has 1 saturated carbocycles. The third-order valence-corrected chi connectivity index (χ3v) is 3.82. The summed E-state index contributed by atoms with van der Waals surface area (Å²) in [7, 11) is 0. The quantitative estimate of drug-likeness (QED) is 0.838. The van der Waals surface area contributed by atoms with Crippen LogP contribution < -0.4 is 5.32 Å². The van der Waals surface area contributed by atoms with Gasteiger partial charge in [0.05, 0.1) is 6.10 Å². The van der Waals surface area contributed by atoms with Crippen LogP contribution in [-0.2, 0) is 0 Å². The summed E-state index contributed by atoms with van der Waals surface area (Å²) in [6, 6.07) is 7.01. The van der Waals surface area contributed by atoms with Crippen molar-refractivity contribution in [3.8, 4) is 0 Å². The number of aliphatic hydroxyl groups is 1. The first-order chi connectivity index (χ1) is 8.06. The summed E-state index contributed by atoms with van der Waals surface area (Å²) in [5, 5.41) is 12.8. The molecule has 0 aliphatic heterocycles. The third-order valence-electron chi connectivity index (χ3n) is 3.82. The van der Waals surface area contributed by atoms with Gasteiger partial charge in [-0.1, -0.05) is 23.8 Å². The molecule has 94 valence electrons. The predicted molar refractivity (Wildman–Crippen MR) is 71.1 cm³/mol. The number of hydrogen-bond acceptors (Lipinski definition) is 2. The Kier molecular flexibility index (Phi) is 3.85. The van der Waals surface area contributed by atoms with E-state index in [9.17, 15) is 5.11 Å². The first-order valence-electron chi connectivity index (χ1n) is 6.55. The molecule has 1 unspecified atom stereocenters. The lowest BCUT2D eigenvalue weighted by atomic mass is 9.82. The maximum atomic E-state index is 9.25. The van der Waals surface area contributed by atoms with Gasteiger partial charge in [0, 0.05) is 6.04 Å². The monoisotopic (exact) mass is 233 g/mol. The van der Waals surface area contributed by atoms with Crippen molar-refractivity contribution < 1.29 is 5.11 Å². The first kappa shape index (κ1) is 12.6. The molecule has 0 amide bonds. The average Bonchev–Trinajstić information content (AvgIpc) is 2.26. The van der Waals surface area contributed by atoms with Crippen molar-refractivity contribution in [3.63, 3.8) is 0 Å². The lowest BCUT2D eigenvalue weighted by molar-refractivity contribution is 0.0420. The Balaban J connectivity index is 1.90. The van der Waals surface area contributed by atoms with Crippen molar-refractivity contribution in [2.24, 2.45) is 5.92 Å². The Morgan fingerprint density at radius 2 is 2.06 bits per heavy atom. The van der Waals surface area contributed by atoms with Gasteiger partial charge in [0.25, 0.3) is 0 Å². The Morgan fingerprint density at radius 3 is 2.71 bits per heavy atom.